The lowest BCUT2D eigenvalue weighted by molar-refractivity contribution is -0.305. The molecule has 170 valence electrons. The van der Waals surface area contributed by atoms with Gasteiger partial charge >= 0.3 is 5.63 Å². The number of rotatable bonds is 9. The number of unbranched alkanes of at least 4 members (excludes halogenated alkanes) is 2. The number of fused-ring (bicyclic) bond motifs is 4. The van der Waals surface area contributed by atoms with Gasteiger partial charge in [-0.25, -0.2) is 4.79 Å². The molecule has 2 heterocycles. The summed E-state index contributed by atoms with van der Waals surface area (Å²) in [7, 11) is 0. The third-order valence-electron chi connectivity index (χ3n) is 6.34. The summed E-state index contributed by atoms with van der Waals surface area (Å²) < 4.78 is 11.6. The van der Waals surface area contributed by atoms with E-state index in [9.17, 15) is 19.5 Å². The maximum Gasteiger partial charge on any atom is 0.339 e. The number of hydrogen-bond donors (Lipinski definition) is 1. The topological polar surface area (TPSA) is 113 Å². The Labute approximate surface area is 185 Å². The lowest BCUT2D eigenvalue weighted by Crippen LogP contribution is -2.26. The third kappa shape index (κ3) is 4.71. The molecule has 0 aliphatic heterocycles. The molecule has 0 spiro atoms. The van der Waals surface area contributed by atoms with Crippen molar-refractivity contribution in [3.05, 3.63) is 45.0 Å². The molecule has 7 nitrogen and oxygen atoms in total. The predicted octanol–water partition coefficient (Wildman–Crippen LogP) is 3.09. The molecule has 0 unspecified atom stereocenters. The molecule has 1 aromatic carbocycles. The van der Waals surface area contributed by atoms with Crippen LogP contribution >= 0.6 is 0 Å². The molecular weight excluding hydrogens is 410 g/mol. The van der Waals surface area contributed by atoms with Crippen LogP contribution in [0, 0.1) is 6.92 Å². The number of carbonyl (C=O) groups is 2. The monoisotopic (exact) mass is 438 g/mol. The van der Waals surface area contributed by atoms with Crippen molar-refractivity contribution >= 4 is 33.8 Å². The van der Waals surface area contributed by atoms with Crippen molar-refractivity contribution in [2.75, 3.05) is 6.54 Å². The van der Waals surface area contributed by atoms with Gasteiger partial charge in [0.05, 0.1) is 0 Å². The summed E-state index contributed by atoms with van der Waals surface area (Å²) >= 11 is 0. The number of amides is 1. The van der Waals surface area contributed by atoms with Crippen molar-refractivity contribution in [1.82, 2.24) is 5.32 Å². The minimum Gasteiger partial charge on any atom is -0.550 e. The second-order valence-electron chi connectivity index (χ2n) is 8.58. The van der Waals surface area contributed by atoms with Gasteiger partial charge in [0.25, 0.3) is 0 Å². The van der Waals surface area contributed by atoms with Gasteiger partial charge in [0.1, 0.15) is 16.9 Å². The molecule has 32 heavy (non-hydrogen) atoms. The van der Waals surface area contributed by atoms with E-state index < -0.39 is 11.6 Å². The highest BCUT2D eigenvalue weighted by Gasteiger charge is 2.20. The lowest BCUT2D eigenvalue weighted by atomic mass is 9.94. The molecule has 4 rings (SSSR count). The van der Waals surface area contributed by atoms with E-state index in [0.29, 0.717) is 43.4 Å². The maximum absolute atomic E-state index is 12.6. The average molecular weight is 439 g/mol. The van der Waals surface area contributed by atoms with Gasteiger partial charge < -0.3 is 24.1 Å². The Kier molecular flexibility index (Phi) is 6.63. The van der Waals surface area contributed by atoms with Crippen molar-refractivity contribution in [3.63, 3.8) is 0 Å². The summed E-state index contributed by atoms with van der Waals surface area (Å²) in [6.07, 6.45) is 6.74. The summed E-state index contributed by atoms with van der Waals surface area (Å²) in [6, 6.07) is 3.88. The van der Waals surface area contributed by atoms with Gasteiger partial charge in [-0.2, -0.15) is 0 Å². The van der Waals surface area contributed by atoms with Crippen LogP contribution in [0.5, 0.6) is 0 Å². The normalized spacial score (nSPS) is 13.4. The highest BCUT2D eigenvalue weighted by Crippen LogP contribution is 2.35. The average Bonchev–Trinajstić information content (AvgIpc) is 3.12. The zero-order valence-corrected chi connectivity index (χ0v) is 18.4. The molecule has 0 radical (unpaired) electrons. The van der Waals surface area contributed by atoms with E-state index in [1.165, 1.54) is 5.56 Å². The van der Waals surface area contributed by atoms with E-state index in [-0.39, 0.29) is 18.7 Å². The van der Waals surface area contributed by atoms with Crippen LogP contribution in [0.1, 0.15) is 67.4 Å². The fourth-order valence-electron chi connectivity index (χ4n) is 4.56. The second-order valence-corrected chi connectivity index (χ2v) is 8.58. The highest BCUT2D eigenvalue weighted by atomic mass is 16.4. The molecular formula is C25H28NO6-. The molecule has 0 atom stereocenters. The van der Waals surface area contributed by atoms with E-state index >= 15 is 0 Å². The van der Waals surface area contributed by atoms with Crippen LogP contribution < -0.4 is 16.0 Å². The molecule has 7 heteroatoms. The largest absolute Gasteiger partial charge is 0.550 e. The fourth-order valence-corrected chi connectivity index (χ4v) is 4.56. The van der Waals surface area contributed by atoms with Crippen LogP contribution in [0.3, 0.4) is 0 Å². The second kappa shape index (κ2) is 9.59. The number of aryl methyl sites for hydroxylation is 3. The first-order valence-electron chi connectivity index (χ1n) is 11.4. The van der Waals surface area contributed by atoms with Crippen molar-refractivity contribution < 1.29 is 23.5 Å². The van der Waals surface area contributed by atoms with E-state index in [4.69, 9.17) is 8.83 Å². The van der Waals surface area contributed by atoms with Gasteiger partial charge in [-0.15, -0.1) is 0 Å². The Morgan fingerprint density at radius 1 is 1.00 bits per heavy atom. The predicted molar refractivity (Wildman–Crippen MR) is 118 cm³/mol. The SMILES string of the molecule is Cc1c(CCC(=O)NCCCCCC(=O)[O-])c(=O)oc2cc3oc4c(c3cc12)CCCC4. The van der Waals surface area contributed by atoms with Gasteiger partial charge in [-0.3, -0.25) is 4.79 Å². The van der Waals surface area contributed by atoms with E-state index in [1.54, 1.807) is 0 Å². The quantitative estimate of drug-likeness (QED) is 0.406. The standard InChI is InChI=1S/C25H29NO6/c1-15-16(10-11-23(27)26-12-6-2-3-9-24(28)29)25(30)32-21-14-22-19(13-18(15)21)17-7-4-5-8-20(17)31-22/h13-14H,2-12H2,1H3,(H,26,27)(H,28,29)/p-1. The Bertz CT molecular complexity index is 1220. The molecule has 1 aliphatic rings. The Morgan fingerprint density at radius 2 is 1.78 bits per heavy atom. The van der Waals surface area contributed by atoms with Crippen LogP contribution in [-0.2, 0) is 28.9 Å². The van der Waals surface area contributed by atoms with E-state index in [1.807, 2.05) is 13.0 Å². The lowest BCUT2D eigenvalue weighted by Gasteiger charge is -2.10. The smallest absolute Gasteiger partial charge is 0.339 e. The molecule has 0 bridgehead atoms. The first-order chi connectivity index (χ1) is 15.4. The Hall–Kier alpha value is -3.09. The van der Waals surface area contributed by atoms with Crippen LogP contribution in [0.4, 0.5) is 0 Å². The molecule has 2 aromatic heterocycles. The van der Waals surface area contributed by atoms with Gasteiger partial charge in [-0.05, 0) is 63.5 Å². The Morgan fingerprint density at radius 3 is 2.59 bits per heavy atom. The highest BCUT2D eigenvalue weighted by molar-refractivity contribution is 5.97. The molecule has 0 saturated carbocycles. The summed E-state index contributed by atoms with van der Waals surface area (Å²) in [6.45, 7) is 2.39. The van der Waals surface area contributed by atoms with Crippen molar-refractivity contribution in [1.29, 1.82) is 0 Å². The number of carboxylic acid groups (broad SMARTS) is 1. The summed E-state index contributed by atoms with van der Waals surface area (Å²) in [4.78, 5) is 35.2. The van der Waals surface area contributed by atoms with E-state index in [2.05, 4.69) is 11.4 Å². The summed E-state index contributed by atoms with van der Waals surface area (Å²) in [5, 5.41) is 15.2. The molecule has 1 amide bonds. The first-order valence-corrected chi connectivity index (χ1v) is 11.4. The summed E-state index contributed by atoms with van der Waals surface area (Å²) in [5.74, 6) is -0.145. The van der Waals surface area contributed by atoms with Crippen molar-refractivity contribution in [2.24, 2.45) is 0 Å². The minimum atomic E-state index is -1.05. The van der Waals surface area contributed by atoms with Gasteiger partial charge in [0, 0.05) is 53.3 Å². The van der Waals surface area contributed by atoms with Gasteiger partial charge in [-0.1, -0.05) is 6.42 Å². The first kappa shape index (κ1) is 22.1. The number of carboxylic acids is 1. The van der Waals surface area contributed by atoms with Crippen LogP contribution in [0.15, 0.2) is 25.8 Å². The van der Waals surface area contributed by atoms with Crippen LogP contribution in [0.2, 0.25) is 0 Å². The van der Waals surface area contributed by atoms with Gasteiger partial charge in [0.2, 0.25) is 5.91 Å². The zero-order valence-electron chi connectivity index (χ0n) is 18.4. The molecule has 3 aromatic rings. The molecule has 0 saturated heterocycles. The van der Waals surface area contributed by atoms with Crippen molar-refractivity contribution in [3.8, 4) is 0 Å². The number of furan rings is 1. The minimum absolute atomic E-state index is 0.0406. The third-order valence-corrected chi connectivity index (χ3v) is 6.34. The maximum atomic E-state index is 12.6. The fraction of sp³-hybridized carbons (Fsp3) is 0.480. The van der Waals surface area contributed by atoms with Crippen LogP contribution in [0.25, 0.3) is 21.9 Å². The number of carbonyl (C=O) groups excluding carboxylic acids is 2. The number of benzene rings is 1. The molecule has 0 fully saturated rings. The van der Waals surface area contributed by atoms with Crippen molar-refractivity contribution in [2.45, 2.75) is 71.1 Å². The van der Waals surface area contributed by atoms with Crippen LogP contribution in [-0.4, -0.2) is 18.4 Å². The number of aliphatic carboxylic acids is 1. The van der Waals surface area contributed by atoms with E-state index in [0.717, 1.165) is 53.4 Å². The zero-order chi connectivity index (χ0) is 22.7. The number of hydrogen-bond acceptors (Lipinski definition) is 6. The number of nitrogens with one attached hydrogen (secondary N) is 1. The molecule has 1 N–H and O–H groups in total. The van der Waals surface area contributed by atoms with Gasteiger partial charge in [0.15, 0.2) is 0 Å². The Balaban J connectivity index is 1.44. The summed E-state index contributed by atoms with van der Waals surface area (Å²) in [5.41, 5.74) is 3.49. The molecule has 1 aliphatic carbocycles.